The van der Waals surface area contributed by atoms with Crippen LogP contribution < -0.4 is 15.4 Å². The molecule has 0 aliphatic heterocycles. The maximum atomic E-state index is 13.0. The van der Waals surface area contributed by atoms with Crippen LogP contribution in [0.25, 0.3) is 10.9 Å². The Kier molecular flexibility index (Phi) is 5.82. The van der Waals surface area contributed by atoms with Crippen LogP contribution in [-0.4, -0.2) is 18.0 Å². The van der Waals surface area contributed by atoms with Crippen molar-refractivity contribution in [3.63, 3.8) is 0 Å². The summed E-state index contributed by atoms with van der Waals surface area (Å²) in [4.78, 5) is 17.7. The highest BCUT2D eigenvalue weighted by atomic mass is 35.5. The Morgan fingerprint density at radius 1 is 1.00 bits per heavy atom. The van der Waals surface area contributed by atoms with Gasteiger partial charge in [0.05, 0.1) is 23.9 Å². The third-order valence-electron chi connectivity index (χ3n) is 4.70. The SMILES string of the molecule is COc1ccccc1Nc1cc(C(=O)NCc2ccc(Cl)cc2)c2ccccc2n1. The van der Waals surface area contributed by atoms with E-state index in [1.165, 1.54) is 0 Å². The summed E-state index contributed by atoms with van der Waals surface area (Å²) >= 11 is 5.93. The number of anilines is 2. The third-order valence-corrected chi connectivity index (χ3v) is 4.95. The fourth-order valence-corrected chi connectivity index (χ4v) is 3.32. The second-order valence-corrected chi connectivity index (χ2v) is 7.14. The Bertz CT molecular complexity index is 1190. The van der Waals surface area contributed by atoms with Crippen LogP contribution >= 0.6 is 11.6 Å². The van der Waals surface area contributed by atoms with Crippen LogP contribution in [0, 0.1) is 0 Å². The van der Waals surface area contributed by atoms with Crippen molar-refractivity contribution in [1.82, 2.24) is 10.3 Å². The van der Waals surface area contributed by atoms with E-state index in [0.717, 1.165) is 22.2 Å². The van der Waals surface area contributed by atoms with Gasteiger partial charge in [0.1, 0.15) is 11.6 Å². The molecule has 2 N–H and O–H groups in total. The van der Waals surface area contributed by atoms with E-state index in [2.05, 4.69) is 15.6 Å². The molecular formula is C24H20ClN3O2. The van der Waals surface area contributed by atoms with E-state index >= 15 is 0 Å². The fraction of sp³-hybridized carbons (Fsp3) is 0.0833. The zero-order valence-electron chi connectivity index (χ0n) is 16.4. The minimum absolute atomic E-state index is 0.174. The number of halogens is 1. The number of rotatable bonds is 6. The van der Waals surface area contributed by atoms with Crippen LogP contribution in [0.4, 0.5) is 11.5 Å². The van der Waals surface area contributed by atoms with Crippen LogP contribution in [0.1, 0.15) is 15.9 Å². The van der Waals surface area contributed by atoms with E-state index in [1.54, 1.807) is 25.3 Å². The van der Waals surface area contributed by atoms with Crippen molar-refractivity contribution in [2.45, 2.75) is 6.54 Å². The molecule has 1 heterocycles. The van der Waals surface area contributed by atoms with Crippen molar-refractivity contribution in [3.05, 3.63) is 95.0 Å². The Morgan fingerprint density at radius 3 is 2.53 bits per heavy atom. The number of fused-ring (bicyclic) bond motifs is 1. The lowest BCUT2D eigenvalue weighted by Gasteiger charge is -2.13. The van der Waals surface area contributed by atoms with Crippen molar-refractivity contribution in [3.8, 4) is 5.75 Å². The molecule has 0 spiro atoms. The Balaban J connectivity index is 1.64. The van der Waals surface area contributed by atoms with Crippen LogP contribution in [0.5, 0.6) is 5.75 Å². The number of ether oxygens (including phenoxy) is 1. The standard InChI is InChI=1S/C24H20ClN3O2/c1-30-22-9-5-4-8-21(22)28-23-14-19(18-6-2-3-7-20(18)27-23)24(29)26-15-16-10-12-17(25)13-11-16/h2-14H,15H2,1H3,(H,26,29)(H,27,28). The third kappa shape index (κ3) is 4.36. The zero-order valence-corrected chi connectivity index (χ0v) is 17.1. The summed E-state index contributed by atoms with van der Waals surface area (Å²) in [6.07, 6.45) is 0. The van der Waals surface area contributed by atoms with E-state index in [-0.39, 0.29) is 5.91 Å². The smallest absolute Gasteiger partial charge is 0.252 e. The van der Waals surface area contributed by atoms with Gasteiger partial charge in [0.15, 0.2) is 0 Å². The number of pyridine rings is 1. The summed E-state index contributed by atoms with van der Waals surface area (Å²) in [5.41, 5.74) is 3.02. The fourth-order valence-electron chi connectivity index (χ4n) is 3.19. The highest BCUT2D eigenvalue weighted by Gasteiger charge is 2.14. The number of benzene rings is 3. The Labute approximate surface area is 179 Å². The first kappa shape index (κ1) is 19.7. The van der Waals surface area contributed by atoms with Gasteiger partial charge in [-0.25, -0.2) is 4.98 Å². The molecule has 4 aromatic rings. The van der Waals surface area contributed by atoms with Crippen molar-refractivity contribution < 1.29 is 9.53 Å². The second-order valence-electron chi connectivity index (χ2n) is 6.71. The van der Waals surface area contributed by atoms with Gasteiger partial charge in [-0.2, -0.15) is 0 Å². The largest absolute Gasteiger partial charge is 0.495 e. The van der Waals surface area contributed by atoms with Crippen LogP contribution in [0.15, 0.2) is 78.9 Å². The van der Waals surface area contributed by atoms with Crippen LogP contribution in [-0.2, 0) is 6.54 Å². The minimum Gasteiger partial charge on any atom is -0.495 e. The first-order chi connectivity index (χ1) is 14.6. The molecule has 1 aromatic heterocycles. The maximum absolute atomic E-state index is 13.0. The number of methoxy groups -OCH3 is 1. The lowest BCUT2D eigenvalue weighted by molar-refractivity contribution is 0.0952. The number of amides is 1. The number of aromatic nitrogens is 1. The monoisotopic (exact) mass is 417 g/mol. The van der Waals surface area contributed by atoms with Gasteiger partial charge in [-0.3, -0.25) is 4.79 Å². The van der Waals surface area contributed by atoms with E-state index in [9.17, 15) is 4.79 Å². The molecule has 0 radical (unpaired) electrons. The molecule has 0 atom stereocenters. The van der Waals surface area contributed by atoms with Crippen molar-refractivity contribution in [2.24, 2.45) is 0 Å². The van der Waals surface area contributed by atoms with Gasteiger partial charge < -0.3 is 15.4 Å². The molecule has 4 rings (SSSR count). The van der Waals surface area contributed by atoms with Gasteiger partial charge in [0, 0.05) is 17.0 Å². The predicted molar refractivity (Wildman–Crippen MR) is 121 cm³/mol. The molecule has 5 nitrogen and oxygen atoms in total. The van der Waals surface area contributed by atoms with Crippen LogP contribution in [0.2, 0.25) is 5.02 Å². The lowest BCUT2D eigenvalue weighted by Crippen LogP contribution is -2.23. The lowest BCUT2D eigenvalue weighted by atomic mass is 10.1. The van der Waals surface area contributed by atoms with Gasteiger partial charge in [0.2, 0.25) is 0 Å². The summed E-state index contributed by atoms with van der Waals surface area (Å²) in [7, 11) is 1.62. The zero-order chi connectivity index (χ0) is 20.9. The average Bonchev–Trinajstić information content (AvgIpc) is 2.78. The molecule has 0 saturated carbocycles. The highest BCUT2D eigenvalue weighted by molar-refractivity contribution is 6.30. The van der Waals surface area contributed by atoms with Gasteiger partial charge in [-0.15, -0.1) is 0 Å². The number of carbonyl (C=O) groups is 1. The van der Waals surface area contributed by atoms with E-state index < -0.39 is 0 Å². The Hall–Kier alpha value is -3.57. The number of carbonyl (C=O) groups excluding carboxylic acids is 1. The van der Waals surface area contributed by atoms with Crippen molar-refractivity contribution in [2.75, 3.05) is 12.4 Å². The molecule has 0 bridgehead atoms. The molecule has 6 heteroatoms. The number of nitrogens with one attached hydrogen (secondary N) is 2. The van der Waals surface area contributed by atoms with Crippen molar-refractivity contribution in [1.29, 1.82) is 0 Å². The molecule has 150 valence electrons. The number of nitrogens with zero attached hydrogens (tertiary/aromatic N) is 1. The molecule has 0 fully saturated rings. The summed E-state index contributed by atoms with van der Waals surface area (Å²) in [5.74, 6) is 1.09. The first-order valence-corrected chi connectivity index (χ1v) is 9.84. The number of para-hydroxylation sites is 3. The summed E-state index contributed by atoms with van der Waals surface area (Å²) in [6, 6.07) is 24.3. The van der Waals surface area contributed by atoms with E-state index in [4.69, 9.17) is 16.3 Å². The molecule has 0 aliphatic rings. The molecular weight excluding hydrogens is 398 g/mol. The first-order valence-electron chi connectivity index (χ1n) is 9.46. The van der Waals surface area contributed by atoms with Gasteiger partial charge in [0.25, 0.3) is 5.91 Å². The molecule has 3 aromatic carbocycles. The van der Waals surface area contributed by atoms with E-state index in [1.807, 2.05) is 60.7 Å². The maximum Gasteiger partial charge on any atom is 0.252 e. The predicted octanol–water partition coefficient (Wildman–Crippen LogP) is 5.57. The summed E-state index contributed by atoms with van der Waals surface area (Å²) < 4.78 is 5.40. The summed E-state index contributed by atoms with van der Waals surface area (Å²) in [5, 5.41) is 7.69. The Morgan fingerprint density at radius 2 is 1.73 bits per heavy atom. The van der Waals surface area contributed by atoms with Gasteiger partial charge in [-0.05, 0) is 42.0 Å². The molecule has 1 amide bonds. The molecule has 0 unspecified atom stereocenters. The van der Waals surface area contributed by atoms with Crippen molar-refractivity contribution >= 4 is 39.9 Å². The number of hydrogen-bond acceptors (Lipinski definition) is 4. The van der Waals surface area contributed by atoms with E-state index in [0.29, 0.717) is 28.7 Å². The van der Waals surface area contributed by atoms with Gasteiger partial charge in [-0.1, -0.05) is 54.1 Å². The summed E-state index contributed by atoms with van der Waals surface area (Å²) in [6.45, 7) is 0.405. The average molecular weight is 418 g/mol. The van der Waals surface area contributed by atoms with Gasteiger partial charge >= 0.3 is 0 Å². The quantitative estimate of drug-likeness (QED) is 0.430. The second kappa shape index (κ2) is 8.84. The minimum atomic E-state index is -0.174. The normalized spacial score (nSPS) is 10.6. The molecule has 0 saturated heterocycles. The molecule has 0 aliphatic carbocycles. The number of hydrogen-bond donors (Lipinski definition) is 2. The molecule has 30 heavy (non-hydrogen) atoms. The topological polar surface area (TPSA) is 63.2 Å². The van der Waals surface area contributed by atoms with Crippen LogP contribution in [0.3, 0.4) is 0 Å². The highest BCUT2D eigenvalue weighted by Crippen LogP contribution is 2.28.